The maximum absolute atomic E-state index is 12.1. The number of alkyl halides is 1. The smallest absolute Gasteiger partial charge is 0.256 e. The van der Waals surface area contributed by atoms with Crippen LogP contribution in [0.25, 0.3) is 0 Å². The highest BCUT2D eigenvalue weighted by atomic mass is 79.9. The van der Waals surface area contributed by atoms with Crippen LogP contribution in [-0.2, 0) is 0 Å². The first-order chi connectivity index (χ1) is 9.20. The van der Waals surface area contributed by atoms with Gasteiger partial charge in [-0.15, -0.1) is 0 Å². The first-order valence-corrected chi connectivity index (χ1v) is 7.53. The Hall–Kier alpha value is -1.10. The van der Waals surface area contributed by atoms with Crippen LogP contribution in [0.5, 0.6) is 5.88 Å². The van der Waals surface area contributed by atoms with Gasteiger partial charge in [0.05, 0.1) is 7.11 Å². The van der Waals surface area contributed by atoms with E-state index < -0.39 is 0 Å². The van der Waals surface area contributed by atoms with Gasteiger partial charge < -0.3 is 10.1 Å². The third kappa shape index (κ3) is 3.93. The molecule has 19 heavy (non-hydrogen) atoms. The Balaban J connectivity index is 1.90. The number of aromatic nitrogens is 1. The van der Waals surface area contributed by atoms with Crippen LogP contribution in [0.3, 0.4) is 0 Å². The normalized spacial score (nSPS) is 22.8. The molecule has 2 rings (SSSR count). The first-order valence-electron chi connectivity index (χ1n) is 6.62. The molecule has 0 aliphatic heterocycles. The highest BCUT2D eigenvalue weighted by molar-refractivity contribution is 9.09. The van der Waals surface area contributed by atoms with Crippen molar-refractivity contribution in [2.75, 3.05) is 13.7 Å². The highest BCUT2D eigenvalue weighted by Crippen LogP contribution is 2.28. The molecule has 104 valence electrons. The molecule has 1 aromatic heterocycles. The lowest BCUT2D eigenvalue weighted by Gasteiger charge is -2.25. The average Bonchev–Trinajstić information content (AvgIpc) is 2.45. The summed E-state index contributed by atoms with van der Waals surface area (Å²) in [5, 5.41) is 2.98. The quantitative estimate of drug-likeness (QED) is 0.865. The molecule has 4 nitrogen and oxygen atoms in total. The number of methoxy groups -OCH3 is 1. The maximum atomic E-state index is 12.1. The van der Waals surface area contributed by atoms with Crippen LogP contribution in [0, 0.1) is 5.92 Å². The maximum Gasteiger partial charge on any atom is 0.256 e. The van der Waals surface area contributed by atoms with Crippen molar-refractivity contribution in [3.8, 4) is 5.88 Å². The molecule has 1 fully saturated rings. The van der Waals surface area contributed by atoms with Crippen molar-refractivity contribution in [2.45, 2.75) is 30.5 Å². The lowest BCUT2D eigenvalue weighted by Crippen LogP contribution is -2.32. The van der Waals surface area contributed by atoms with E-state index in [-0.39, 0.29) is 5.91 Å². The number of carbonyl (C=O) groups excluding carboxylic acids is 1. The molecular weight excluding hydrogens is 308 g/mol. The SMILES string of the molecule is COc1ncccc1C(=O)NCC1CCCC(Br)C1. The Morgan fingerprint density at radius 1 is 1.58 bits per heavy atom. The number of halogens is 1. The van der Waals surface area contributed by atoms with Crippen LogP contribution in [0.2, 0.25) is 0 Å². The van der Waals surface area contributed by atoms with E-state index in [2.05, 4.69) is 26.2 Å². The van der Waals surface area contributed by atoms with Crippen LogP contribution < -0.4 is 10.1 Å². The molecule has 1 saturated carbocycles. The van der Waals surface area contributed by atoms with Crippen molar-refractivity contribution in [3.63, 3.8) is 0 Å². The van der Waals surface area contributed by atoms with Gasteiger partial charge in [0, 0.05) is 17.6 Å². The molecule has 2 unspecified atom stereocenters. The van der Waals surface area contributed by atoms with Crippen molar-refractivity contribution in [3.05, 3.63) is 23.9 Å². The monoisotopic (exact) mass is 326 g/mol. The molecule has 1 amide bonds. The number of amides is 1. The molecule has 1 aliphatic rings. The van der Waals surface area contributed by atoms with Crippen molar-refractivity contribution < 1.29 is 9.53 Å². The third-order valence-electron chi connectivity index (χ3n) is 3.48. The van der Waals surface area contributed by atoms with Gasteiger partial charge in [-0.1, -0.05) is 22.4 Å². The van der Waals surface area contributed by atoms with Gasteiger partial charge in [-0.3, -0.25) is 4.79 Å². The fraction of sp³-hybridized carbons (Fsp3) is 0.571. The minimum atomic E-state index is -0.110. The molecule has 2 atom stereocenters. The highest BCUT2D eigenvalue weighted by Gasteiger charge is 2.21. The van der Waals surface area contributed by atoms with E-state index in [9.17, 15) is 4.79 Å². The fourth-order valence-corrected chi connectivity index (χ4v) is 3.32. The summed E-state index contributed by atoms with van der Waals surface area (Å²) in [6, 6.07) is 3.47. The summed E-state index contributed by atoms with van der Waals surface area (Å²) in [5.74, 6) is 0.827. The average molecular weight is 327 g/mol. The summed E-state index contributed by atoms with van der Waals surface area (Å²) in [5.41, 5.74) is 0.496. The van der Waals surface area contributed by atoms with E-state index in [0.29, 0.717) is 22.2 Å². The van der Waals surface area contributed by atoms with Crippen LogP contribution in [0.15, 0.2) is 18.3 Å². The zero-order chi connectivity index (χ0) is 13.7. The van der Waals surface area contributed by atoms with Gasteiger partial charge in [-0.2, -0.15) is 0 Å². The topological polar surface area (TPSA) is 51.2 Å². The molecule has 0 spiro atoms. The summed E-state index contributed by atoms with van der Waals surface area (Å²) in [7, 11) is 1.52. The first kappa shape index (κ1) is 14.3. The standard InChI is InChI=1S/C14H19BrN2O2/c1-19-14-12(6-3-7-16-14)13(18)17-9-10-4-2-5-11(15)8-10/h3,6-7,10-11H,2,4-5,8-9H2,1H3,(H,17,18). The number of carbonyl (C=O) groups is 1. The summed E-state index contributed by atoms with van der Waals surface area (Å²) in [4.78, 5) is 16.7. The zero-order valence-corrected chi connectivity index (χ0v) is 12.6. The Bertz CT molecular complexity index is 439. The number of pyridine rings is 1. The Kier molecular flexibility index (Phi) is 5.19. The number of rotatable bonds is 4. The Morgan fingerprint density at radius 3 is 3.16 bits per heavy atom. The summed E-state index contributed by atoms with van der Waals surface area (Å²) in [6.07, 6.45) is 6.40. The number of nitrogens with one attached hydrogen (secondary N) is 1. The van der Waals surface area contributed by atoms with Gasteiger partial charge in [-0.25, -0.2) is 4.98 Å². The van der Waals surface area contributed by atoms with Gasteiger partial charge >= 0.3 is 0 Å². The number of hydrogen-bond acceptors (Lipinski definition) is 3. The Morgan fingerprint density at radius 2 is 2.42 bits per heavy atom. The third-order valence-corrected chi connectivity index (χ3v) is 4.31. The van der Waals surface area contributed by atoms with Crippen molar-refractivity contribution in [2.24, 2.45) is 5.92 Å². The minimum absolute atomic E-state index is 0.110. The minimum Gasteiger partial charge on any atom is -0.480 e. The predicted molar refractivity (Wildman–Crippen MR) is 77.8 cm³/mol. The number of nitrogens with zero attached hydrogens (tertiary/aromatic N) is 1. The summed E-state index contributed by atoms with van der Waals surface area (Å²) < 4.78 is 5.10. The number of ether oxygens (including phenoxy) is 1. The van der Waals surface area contributed by atoms with Gasteiger partial charge in [0.25, 0.3) is 5.91 Å². The van der Waals surface area contributed by atoms with Crippen molar-refractivity contribution >= 4 is 21.8 Å². The molecule has 1 aliphatic carbocycles. The molecule has 0 radical (unpaired) electrons. The lowest BCUT2D eigenvalue weighted by atomic mass is 9.89. The second kappa shape index (κ2) is 6.89. The van der Waals surface area contributed by atoms with Gasteiger partial charge in [0.2, 0.25) is 5.88 Å². The fourth-order valence-electron chi connectivity index (χ4n) is 2.47. The number of hydrogen-bond donors (Lipinski definition) is 1. The summed E-state index contributed by atoms with van der Waals surface area (Å²) >= 11 is 3.66. The zero-order valence-electron chi connectivity index (χ0n) is 11.1. The van der Waals surface area contributed by atoms with Gasteiger partial charge in [0.15, 0.2) is 0 Å². The molecular formula is C14H19BrN2O2. The molecule has 5 heteroatoms. The molecule has 0 aromatic carbocycles. The van der Waals surface area contributed by atoms with Gasteiger partial charge in [-0.05, 0) is 37.3 Å². The van der Waals surface area contributed by atoms with Gasteiger partial charge in [0.1, 0.15) is 5.56 Å². The van der Waals surface area contributed by atoms with E-state index in [1.54, 1.807) is 18.3 Å². The van der Waals surface area contributed by atoms with Crippen molar-refractivity contribution in [1.82, 2.24) is 10.3 Å². The molecule has 0 bridgehead atoms. The van der Waals surface area contributed by atoms with E-state index in [4.69, 9.17) is 4.74 Å². The second-order valence-electron chi connectivity index (χ2n) is 4.90. The van der Waals surface area contributed by atoms with Crippen molar-refractivity contribution in [1.29, 1.82) is 0 Å². The van der Waals surface area contributed by atoms with E-state index in [1.807, 2.05) is 0 Å². The Labute approximate surface area is 122 Å². The lowest BCUT2D eigenvalue weighted by molar-refractivity contribution is 0.0940. The van der Waals surface area contributed by atoms with Crippen LogP contribution in [0.4, 0.5) is 0 Å². The van der Waals surface area contributed by atoms with E-state index >= 15 is 0 Å². The van der Waals surface area contributed by atoms with Crippen LogP contribution in [0.1, 0.15) is 36.0 Å². The second-order valence-corrected chi connectivity index (χ2v) is 6.20. The van der Waals surface area contributed by atoms with E-state index in [1.165, 1.54) is 26.4 Å². The van der Waals surface area contributed by atoms with E-state index in [0.717, 1.165) is 13.0 Å². The van der Waals surface area contributed by atoms with Crippen LogP contribution in [-0.4, -0.2) is 29.4 Å². The van der Waals surface area contributed by atoms with Crippen LogP contribution >= 0.6 is 15.9 Å². The predicted octanol–water partition coefficient (Wildman–Crippen LogP) is 2.77. The largest absolute Gasteiger partial charge is 0.480 e. The molecule has 1 aromatic rings. The molecule has 1 heterocycles. The molecule has 0 saturated heterocycles. The summed E-state index contributed by atoms with van der Waals surface area (Å²) in [6.45, 7) is 0.721. The molecule has 1 N–H and O–H groups in total.